The van der Waals surface area contributed by atoms with Gasteiger partial charge >= 0.3 is 5.97 Å². The summed E-state index contributed by atoms with van der Waals surface area (Å²) >= 11 is 3.04. The number of carbonyl (C=O) groups is 2. The van der Waals surface area contributed by atoms with Gasteiger partial charge in [0, 0.05) is 16.3 Å². The number of anilines is 1. The topological polar surface area (TPSA) is 92.1 Å². The average molecular weight is 397 g/mol. The van der Waals surface area contributed by atoms with Crippen molar-refractivity contribution in [3.05, 3.63) is 57.7 Å². The van der Waals surface area contributed by atoms with Gasteiger partial charge in [0.1, 0.15) is 11.1 Å². The number of para-hydroxylation sites is 1. The minimum Gasteiger partial charge on any atom is -0.452 e. The quantitative estimate of drug-likeness (QED) is 0.638. The highest BCUT2D eigenvalue weighted by Crippen LogP contribution is 2.26. The number of aromatic nitrogens is 1. The summed E-state index contributed by atoms with van der Waals surface area (Å²) < 4.78 is 5.19. The van der Waals surface area contributed by atoms with Crippen molar-refractivity contribution in [1.29, 1.82) is 5.26 Å². The van der Waals surface area contributed by atoms with Crippen LogP contribution in [0.4, 0.5) is 5.69 Å². The number of thiazole rings is 1. The van der Waals surface area contributed by atoms with Gasteiger partial charge < -0.3 is 10.1 Å². The molecule has 27 heavy (non-hydrogen) atoms. The average Bonchev–Trinajstić information content (AvgIpc) is 3.33. The molecule has 0 fully saturated rings. The van der Waals surface area contributed by atoms with Gasteiger partial charge in [-0.2, -0.15) is 16.6 Å². The molecule has 0 bridgehead atoms. The van der Waals surface area contributed by atoms with Crippen molar-refractivity contribution < 1.29 is 14.3 Å². The third-order valence-corrected chi connectivity index (χ3v) is 5.25. The third kappa shape index (κ3) is 4.78. The second-order valence-electron chi connectivity index (χ2n) is 5.61. The molecule has 0 saturated carbocycles. The fourth-order valence-electron chi connectivity index (χ4n) is 2.27. The van der Waals surface area contributed by atoms with E-state index in [9.17, 15) is 9.59 Å². The van der Waals surface area contributed by atoms with E-state index in [0.717, 1.165) is 10.6 Å². The van der Waals surface area contributed by atoms with Crippen molar-refractivity contribution in [1.82, 2.24) is 4.98 Å². The van der Waals surface area contributed by atoms with Crippen molar-refractivity contribution in [2.45, 2.75) is 19.4 Å². The highest BCUT2D eigenvalue weighted by molar-refractivity contribution is 7.14. The van der Waals surface area contributed by atoms with Crippen molar-refractivity contribution in [2.75, 3.05) is 5.32 Å². The predicted octanol–water partition coefficient (Wildman–Crippen LogP) is 3.86. The van der Waals surface area contributed by atoms with Crippen molar-refractivity contribution in [3.63, 3.8) is 0 Å². The first kappa shape index (κ1) is 18.8. The van der Waals surface area contributed by atoms with Crippen LogP contribution < -0.4 is 5.32 Å². The van der Waals surface area contributed by atoms with E-state index < -0.39 is 18.0 Å². The lowest BCUT2D eigenvalue weighted by atomic mass is 10.2. The highest BCUT2D eigenvalue weighted by atomic mass is 32.1. The first-order valence-corrected chi connectivity index (χ1v) is 9.85. The van der Waals surface area contributed by atoms with Crippen molar-refractivity contribution in [2.24, 2.45) is 0 Å². The molecule has 2 heterocycles. The second kappa shape index (κ2) is 8.58. The molecule has 136 valence electrons. The lowest BCUT2D eigenvalue weighted by Gasteiger charge is -2.13. The molecule has 1 aromatic carbocycles. The Morgan fingerprint density at radius 2 is 2.11 bits per heavy atom. The van der Waals surface area contributed by atoms with E-state index in [0.29, 0.717) is 16.9 Å². The summed E-state index contributed by atoms with van der Waals surface area (Å²) in [5.74, 6) is -1.03. The number of hydrogen-bond acceptors (Lipinski definition) is 7. The normalized spacial score (nSPS) is 11.4. The van der Waals surface area contributed by atoms with Gasteiger partial charge in [-0.25, -0.2) is 4.98 Å². The third-order valence-electron chi connectivity index (χ3n) is 3.63. The van der Waals surface area contributed by atoms with Crippen molar-refractivity contribution >= 4 is 40.2 Å². The molecule has 0 aliphatic carbocycles. The standard InChI is InChI=1S/C19H15N3O3S2/c1-12(18(24)22-16-5-3-2-4-13(16)9-20)25-17(23)8-15-11-27-19(21-15)14-6-7-26-10-14/h2-7,10-12H,8H2,1H3,(H,22,24)/t12-/m0/s1. The second-order valence-corrected chi connectivity index (χ2v) is 7.25. The lowest BCUT2D eigenvalue weighted by molar-refractivity contribution is -0.152. The number of nitriles is 1. The van der Waals surface area contributed by atoms with E-state index in [2.05, 4.69) is 10.3 Å². The zero-order valence-corrected chi connectivity index (χ0v) is 16.0. The van der Waals surface area contributed by atoms with Crippen LogP contribution >= 0.6 is 22.7 Å². The van der Waals surface area contributed by atoms with E-state index >= 15 is 0 Å². The number of esters is 1. The number of hydrogen-bond donors (Lipinski definition) is 1. The monoisotopic (exact) mass is 397 g/mol. The maximum Gasteiger partial charge on any atom is 0.312 e. The van der Waals surface area contributed by atoms with Crippen LogP contribution in [0.15, 0.2) is 46.5 Å². The predicted molar refractivity (Wildman–Crippen MR) is 104 cm³/mol. The maximum absolute atomic E-state index is 12.2. The molecule has 0 unspecified atom stereocenters. The summed E-state index contributed by atoms with van der Waals surface area (Å²) in [5, 5.41) is 18.3. The Bertz CT molecular complexity index is 990. The molecular formula is C19H15N3O3S2. The number of nitrogens with zero attached hydrogens (tertiary/aromatic N) is 2. The van der Waals surface area contributed by atoms with Crippen LogP contribution in [0.25, 0.3) is 10.6 Å². The van der Waals surface area contributed by atoms with Crippen LogP contribution in [0, 0.1) is 11.3 Å². The van der Waals surface area contributed by atoms with Crippen LogP contribution in [-0.4, -0.2) is 23.0 Å². The minimum absolute atomic E-state index is 0.00691. The molecule has 0 aliphatic heterocycles. The molecule has 1 atom stereocenters. The number of rotatable bonds is 6. The van der Waals surface area contributed by atoms with E-state index in [1.807, 2.05) is 28.3 Å². The highest BCUT2D eigenvalue weighted by Gasteiger charge is 2.20. The summed E-state index contributed by atoms with van der Waals surface area (Å²) in [6.45, 7) is 1.49. The summed E-state index contributed by atoms with van der Waals surface area (Å²) in [7, 11) is 0. The van der Waals surface area contributed by atoms with Gasteiger partial charge in [0.05, 0.1) is 23.4 Å². The molecule has 3 aromatic rings. The number of amides is 1. The maximum atomic E-state index is 12.2. The van der Waals surface area contributed by atoms with Gasteiger partial charge in [0.25, 0.3) is 5.91 Å². The molecule has 0 radical (unpaired) electrons. The van der Waals surface area contributed by atoms with Gasteiger partial charge in [0.15, 0.2) is 6.10 Å². The number of thiophene rings is 1. The summed E-state index contributed by atoms with van der Waals surface area (Å²) in [6, 6.07) is 10.6. The molecule has 0 saturated heterocycles. The lowest BCUT2D eigenvalue weighted by Crippen LogP contribution is -2.30. The van der Waals surface area contributed by atoms with Crippen LogP contribution in [0.2, 0.25) is 0 Å². The van der Waals surface area contributed by atoms with Crippen LogP contribution in [0.1, 0.15) is 18.2 Å². The fraction of sp³-hybridized carbons (Fsp3) is 0.158. The van der Waals surface area contributed by atoms with Gasteiger partial charge in [-0.15, -0.1) is 11.3 Å². The SMILES string of the molecule is C[C@H](OC(=O)Cc1csc(-c2ccsc2)n1)C(=O)Nc1ccccc1C#N. The van der Waals surface area contributed by atoms with E-state index in [1.54, 1.807) is 35.6 Å². The Morgan fingerprint density at radius 3 is 2.85 bits per heavy atom. The molecule has 2 aromatic heterocycles. The number of benzene rings is 1. The van der Waals surface area contributed by atoms with Crippen molar-refractivity contribution in [3.8, 4) is 16.6 Å². The molecular weight excluding hydrogens is 382 g/mol. The first-order chi connectivity index (χ1) is 13.1. The summed E-state index contributed by atoms with van der Waals surface area (Å²) in [4.78, 5) is 28.8. The Labute approximate surface area is 164 Å². The number of ether oxygens (including phenoxy) is 1. The molecule has 8 heteroatoms. The molecule has 0 spiro atoms. The molecule has 1 N–H and O–H groups in total. The Kier molecular flexibility index (Phi) is 5.96. The van der Waals surface area contributed by atoms with Crippen LogP contribution in [-0.2, 0) is 20.7 Å². The Hall–Kier alpha value is -3.02. The molecule has 1 amide bonds. The smallest absolute Gasteiger partial charge is 0.312 e. The zero-order valence-electron chi connectivity index (χ0n) is 14.3. The van der Waals surface area contributed by atoms with E-state index in [1.165, 1.54) is 18.3 Å². The number of carbonyl (C=O) groups excluding carboxylic acids is 2. The van der Waals surface area contributed by atoms with E-state index in [-0.39, 0.29) is 6.42 Å². The van der Waals surface area contributed by atoms with Gasteiger partial charge in [-0.3, -0.25) is 9.59 Å². The Morgan fingerprint density at radius 1 is 1.30 bits per heavy atom. The Balaban J connectivity index is 1.56. The van der Waals surface area contributed by atoms with Crippen LogP contribution in [0.3, 0.4) is 0 Å². The van der Waals surface area contributed by atoms with Crippen LogP contribution in [0.5, 0.6) is 0 Å². The van der Waals surface area contributed by atoms with Gasteiger partial charge in [-0.1, -0.05) is 12.1 Å². The summed E-state index contributed by atoms with van der Waals surface area (Å²) in [5.41, 5.74) is 2.35. The zero-order chi connectivity index (χ0) is 19.2. The first-order valence-electron chi connectivity index (χ1n) is 8.03. The van der Waals surface area contributed by atoms with E-state index in [4.69, 9.17) is 10.00 Å². The number of nitrogens with one attached hydrogen (secondary N) is 1. The summed E-state index contributed by atoms with van der Waals surface area (Å²) in [6.07, 6.45) is -0.994. The van der Waals surface area contributed by atoms with Gasteiger partial charge in [0.2, 0.25) is 0 Å². The largest absolute Gasteiger partial charge is 0.452 e. The molecule has 3 rings (SSSR count). The minimum atomic E-state index is -0.987. The molecule has 6 nitrogen and oxygen atoms in total. The van der Waals surface area contributed by atoms with Gasteiger partial charge in [-0.05, 0) is 30.5 Å². The molecule has 0 aliphatic rings. The fourth-order valence-corrected chi connectivity index (χ4v) is 3.80.